The highest BCUT2D eigenvalue weighted by Gasteiger charge is 2.33. The Labute approximate surface area is 173 Å². The van der Waals surface area contributed by atoms with E-state index in [1.165, 1.54) is 46.8 Å². The highest BCUT2D eigenvalue weighted by Crippen LogP contribution is 2.34. The fourth-order valence-corrected chi connectivity index (χ4v) is 4.88. The van der Waals surface area contributed by atoms with Gasteiger partial charge in [0.2, 0.25) is 10.0 Å². The van der Waals surface area contributed by atoms with Crippen LogP contribution in [0.1, 0.15) is 35.7 Å². The van der Waals surface area contributed by atoms with Gasteiger partial charge in [0.25, 0.3) is 0 Å². The molecule has 1 fully saturated rings. The molecule has 9 heteroatoms. The van der Waals surface area contributed by atoms with E-state index >= 15 is 0 Å². The highest BCUT2D eigenvalue weighted by molar-refractivity contribution is 7.89. The molecule has 1 aliphatic rings. The van der Waals surface area contributed by atoms with Gasteiger partial charge in [-0.25, -0.2) is 8.42 Å². The molecular formula is C21H23F3N2O3S. The van der Waals surface area contributed by atoms with Crippen LogP contribution in [0.25, 0.3) is 0 Å². The lowest BCUT2D eigenvalue weighted by molar-refractivity contribution is -0.136. The summed E-state index contributed by atoms with van der Waals surface area (Å²) in [5.41, 5.74) is -0.948. The lowest BCUT2D eigenvalue weighted by Crippen LogP contribution is -2.37. The quantitative estimate of drug-likeness (QED) is 0.676. The van der Waals surface area contributed by atoms with Gasteiger partial charge in [-0.1, -0.05) is 31.2 Å². The van der Waals surface area contributed by atoms with Gasteiger partial charge in [0, 0.05) is 24.3 Å². The maximum atomic E-state index is 13.1. The molecule has 0 aromatic heterocycles. The van der Waals surface area contributed by atoms with E-state index in [4.69, 9.17) is 0 Å². The minimum Gasteiger partial charge on any atom is -0.377 e. The number of sulfonamides is 1. The number of rotatable bonds is 6. The molecule has 30 heavy (non-hydrogen) atoms. The molecule has 5 nitrogen and oxygen atoms in total. The second-order valence-electron chi connectivity index (χ2n) is 7.43. The largest absolute Gasteiger partial charge is 0.418 e. The zero-order valence-electron chi connectivity index (χ0n) is 16.4. The average molecular weight is 440 g/mol. The van der Waals surface area contributed by atoms with Crippen molar-refractivity contribution in [3.8, 4) is 0 Å². The molecule has 0 saturated carbocycles. The number of benzene rings is 2. The molecule has 1 aliphatic heterocycles. The third-order valence-corrected chi connectivity index (χ3v) is 7.10. The van der Waals surface area contributed by atoms with Crippen molar-refractivity contribution >= 4 is 21.5 Å². The van der Waals surface area contributed by atoms with Gasteiger partial charge in [-0.2, -0.15) is 17.5 Å². The van der Waals surface area contributed by atoms with E-state index in [1.54, 1.807) is 0 Å². The average Bonchev–Trinajstić information content (AvgIpc) is 2.72. The van der Waals surface area contributed by atoms with Crippen molar-refractivity contribution in [2.75, 3.05) is 25.0 Å². The van der Waals surface area contributed by atoms with Crippen LogP contribution in [0.5, 0.6) is 0 Å². The van der Waals surface area contributed by atoms with Gasteiger partial charge in [-0.3, -0.25) is 4.79 Å². The number of hydrogen-bond acceptors (Lipinski definition) is 4. The van der Waals surface area contributed by atoms with Gasteiger partial charge in [0.15, 0.2) is 5.78 Å². The first-order chi connectivity index (χ1) is 14.1. The SMILES string of the molecule is CC1CCN(S(=O)(=O)c2cccc(C(=O)CNc3ccccc3C(F)(F)F)c2)CC1. The molecule has 0 bridgehead atoms. The van der Waals surface area contributed by atoms with Crippen LogP contribution in [0.15, 0.2) is 53.4 Å². The molecule has 0 amide bonds. The van der Waals surface area contributed by atoms with E-state index < -0.39 is 34.1 Å². The summed E-state index contributed by atoms with van der Waals surface area (Å²) in [6.07, 6.45) is -2.99. The molecule has 2 aromatic rings. The van der Waals surface area contributed by atoms with Gasteiger partial charge in [-0.15, -0.1) is 0 Å². The van der Waals surface area contributed by atoms with E-state index in [0.717, 1.165) is 18.9 Å². The van der Waals surface area contributed by atoms with Gasteiger partial charge in [-0.05, 0) is 43.0 Å². The number of nitrogens with one attached hydrogen (secondary N) is 1. The number of ketones is 1. The molecule has 0 spiro atoms. The number of halogens is 3. The van der Waals surface area contributed by atoms with Gasteiger partial charge < -0.3 is 5.32 Å². The zero-order chi connectivity index (χ0) is 21.9. The van der Waals surface area contributed by atoms with Crippen LogP contribution >= 0.6 is 0 Å². The molecule has 162 valence electrons. The van der Waals surface area contributed by atoms with E-state index in [-0.39, 0.29) is 16.1 Å². The molecular weight excluding hydrogens is 417 g/mol. The van der Waals surface area contributed by atoms with E-state index in [9.17, 15) is 26.4 Å². The number of Topliss-reactive ketones (excluding diaryl/α,β-unsaturated/α-hetero) is 1. The van der Waals surface area contributed by atoms with Gasteiger partial charge in [0.05, 0.1) is 17.0 Å². The summed E-state index contributed by atoms with van der Waals surface area (Å²) in [6, 6.07) is 10.5. The molecule has 3 rings (SSSR count). The number of nitrogens with zero attached hydrogens (tertiary/aromatic N) is 1. The van der Waals surface area contributed by atoms with Crippen LogP contribution in [0, 0.1) is 5.92 Å². The summed E-state index contributed by atoms with van der Waals surface area (Å²) >= 11 is 0. The number of carbonyl (C=O) groups is 1. The lowest BCUT2D eigenvalue weighted by atomic mass is 10.0. The standard InChI is InChI=1S/C21H23F3N2O3S/c1-15-9-11-26(12-10-15)30(28,29)17-6-4-5-16(13-17)20(27)14-25-19-8-3-2-7-18(19)21(22,23)24/h2-8,13,15,25H,9-12,14H2,1H3. The van der Waals surface area contributed by atoms with Crippen LogP contribution in [0.2, 0.25) is 0 Å². The second-order valence-corrected chi connectivity index (χ2v) is 9.37. The number of hydrogen-bond donors (Lipinski definition) is 1. The van der Waals surface area contributed by atoms with Crippen molar-refractivity contribution in [1.29, 1.82) is 0 Å². The molecule has 0 atom stereocenters. The van der Waals surface area contributed by atoms with Crippen molar-refractivity contribution in [3.63, 3.8) is 0 Å². The predicted octanol–water partition coefficient (Wildman–Crippen LogP) is 4.42. The normalized spacial score (nSPS) is 16.4. The fraction of sp³-hybridized carbons (Fsp3) is 0.381. The minimum atomic E-state index is -4.55. The van der Waals surface area contributed by atoms with E-state index in [0.29, 0.717) is 19.0 Å². The van der Waals surface area contributed by atoms with Crippen molar-refractivity contribution < 1.29 is 26.4 Å². The number of carbonyl (C=O) groups excluding carboxylic acids is 1. The van der Waals surface area contributed by atoms with Crippen molar-refractivity contribution in [2.24, 2.45) is 5.92 Å². The molecule has 1 N–H and O–H groups in total. The Hall–Kier alpha value is -2.39. The highest BCUT2D eigenvalue weighted by atomic mass is 32.2. The first-order valence-corrected chi connectivity index (χ1v) is 11.1. The van der Waals surface area contributed by atoms with Gasteiger partial charge in [0.1, 0.15) is 0 Å². The van der Waals surface area contributed by atoms with Crippen molar-refractivity contribution in [1.82, 2.24) is 4.31 Å². The lowest BCUT2D eigenvalue weighted by Gasteiger charge is -2.29. The Balaban J connectivity index is 1.74. The predicted molar refractivity (Wildman–Crippen MR) is 108 cm³/mol. The summed E-state index contributed by atoms with van der Waals surface area (Å²) in [5, 5.41) is 2.52. The smallest absolute Gasteiger partial charge is 0.377 e. The third kappa shape index (κ3) is 5.02. The molecule has 0 aliphatic carbocycles. The van der Waals surface area contributed by atoms with Crippen LogP contribution in [0.3, 0.4) is 0 Å². The maximum Gasteiger partial charge on any atom is 0.418 e. The fourth-order valence-electron chi connectivity index (χ4n) is 3.37. The van der Waals surface area contributed by atoms with Crippen LogP contribution < -0.4 is 5.32 Å². The minimum absolute atomic E-state index is 0.0126. The Morgan fingerprint density at radius 1 is 1.10 bits per heavy atom. The first-order valence-electron chi connectivity index (χ1n) is 9.62. The summed E-state index contributed by atoms with van der Waals surface area (Å²) in [7, 11) is -3.72. The van der Waals surface area contributed by atoms with E-state index in [1.807, 2.05) is 0 Å². The Morgan fingerprint density at radius 3 is 2.43 bits per heavy atom. The summed E-state index contributed by atoms with van der Waals surface area (Å²) in [4.78, 5) is 12.5. The maximum absolute atomic E-state index is 13.1. The molecule has 0 radical (unpaired) electrons. The summed E-state index contributed by atoms with van der Waals surface area (Å²) in [6.45, 7) is 2.54. The van der Waals surface area contributed by atoms with Gasteiger partial charge >= 0.3 is 6.18 Å². The Morgan fingerprint density at radius 2 is 1.77 bits per heavy atom. The Bertz CT molecular complexity index is 1010. The summed E-state index contributed by atoms with van der Waals surface area (Å²) < 4.78 is 66.4. The molecule has 1 heterocycles. The number of alkyl halides is 3. The monoisotopic (exact) mass is 440 g/mol. The number of piperidine rings is 1. The van der Waals surface area contributed by atoms with Crippen molar-refractivity contribution in [3.05, 3.63) is 59.7 Å². The zero-order valence-corrected chi connectivity index (χ0v) is 17.3. The molecule has 0 unspecified atom stereocenters. The second kappa shape index (κ2) is 8.77. The molecule has 2 aromatic carbocycles. The first kappa shape index (κ1) is 22.3. The van der Waals surface area contributed by atoms with Crippen LogP contribution in [0.4, 0.5) is 18.9 Å². The molecule has 1 saturated heterocycles. The topological polar surface area (TPSA) is 66.5 Å². The van der Waals surface area contributed by atoms with Crippen LogP contribution in [-0.4, -0.2) is 38.1 Å². The number of anilines is 1. The Kier molecular flexibility index (Phi) is 6.52. The van der Waals surface area contributed by atoms with Crippen LogP contribution in [-0.2, 0) is 16.2 Å². The third-order valence-electron chi connectivity index (χ3n) is 5.21. The number of para-hydroxylation sites is 1. The van der Waals surface area contributed by atoms with E-state index in [2.05, 4.69) is 12.2 Å². The van der Waals surface area contributed by atoms with Crippen molar-refractivity contribution in [2.45, 2.75) is 30.8 Å². The summed E-state index contributed by atoms with van der Waals surface area (Å²) in [5.74, 6) is -0.0358.